The molecule has 13 heavy (non-hydrogen) atoms. The number of rotatable bonds is 3. The lowest BCUT2D eigenvalue weighted by Gasteiger charge is -2.08. The van der Waals surface area contributed by atoms with E-state index in [4.69, 9.17) is 0 Å². The van der Waals surface area contributed by atoms with E-state index in [1.54, 1.807) is 0 Å². The highest BCUT2D eigenvalue weighted by Crippen LogP contribution is 2.12. The molecular weight excluding hydrogens is 160 g/mol. The van der Waals surface area contributed by atoms with Crippen LogP contribution in [0.4, 0.5) is 0 Å². The number of aromatic nitrogens is 2. The maximum atomic E-state index is 2.36. The maximum Gasteiger partial charge on any atom is 0.259 e. The molecule has 0 amide bonds. The predicted octanol–water partition coefficient (Wildman–Crippen LogP) is 2.50. The van der Waals surface area contributed by atoms with Crippen molar-refractivity contribution in [1.29, 1.82) is 0 Å². The standard InChI is InChI=1S/C11H21N2/c1-6-12-7-8-13(10(4)5)11(12)9(2)3/h7-10H,6H2,1-5H3/q+1. The highest BCUT2D eigenvalue weighted by molar-refractivity contribution is 4.89. The molecular formula is C11H21N2+. The summed E-state index contributed by atoms with van der Waals surface area (Å²) in [6.45, 7) is 12.2. The first kappa shape index (κ1) is 10.3. The summed E-state index contributed by atoms with van der Waals surface area (Å²) in [5, 5.41) is 0. The fourth-order valence-electron chi connectivity index (χ4n) is 1.79. The van der Waals surface area contributed by atoms with Gasteiger partial charge in [-0.2, -0.15) is 0 Å². The Morgan fingerprint density at radius 3 is 2.31 bits per heavy atom. The largest absolute Gasteiger partial charge is 0.259 e. The van der Waals surface area contributed by atoms with Crippen molar-refractivity contribution in [3.05, 3.63) is 18.2 Å². The molecule has 74 valence electrons. The fourth-order valence-corrected chi connectivity index (χ4v) is 1.79. The summed E-state index contributed by atoms with van der Waals surface area (Å²) in [5.74, 6) is 2.02. The summed E-state index contributed by atoms with van der Waals surface area (Å²) in [7, 11) is 0. The van der Waals surface area contributed by atoms with E-state index in [0.717, 1.165) is 6.54 Å². The topological polar surface area (TPSA) is 8.81 Å². The summed E-state index contributed by atoms with van der Waals surface area (Å²) < 4.78 is 4.68. The van der Waals surface area contributed by atoms with Crippen LogP contribution in [0.15, 0.2) is 12.4 Å². The Morgan fingerprint density at radius 2 is 1.92 bits per heavy atom. The fraction of sp³-hybridized carbons (Fsp3) is 0.727. The molecule has 1 heterocycles. The smallest absolute Gasteiger partial charge is 0.234 e. The molecule has 0 atom stereocenters. The molecule has 0 N–H and O–H groups in total. The van der Waals surface area contributed by atoms with Gasteiger partial charge in [-0.3, -0.25) is 0 Å². The zero-order chi connectivity index (χ0) is 10.0. The van der Waals surface area contributed by atoms with Crippen LogP contribution >= 0.6 is 0 Å². The van der Waals surface area contributed by atoms with Gasteiger partial charge in [0, 0.05) is 0 Å². The number of imidazole rings is 1. The molecule has 0 radical (unpaired) electrons. The number of nitrogens with zero attached hydrogens (tertiary/aromatic N) is 2. The Morgan fingerprint density at radius 1 is 1.31 bits per heavy atom. The van der Waals surface area contributed by atoms with Crippen molar-refractivity contribution in [1.82, 2.24) is 4.57 Å². The van der Waals surface area contributed by atoms with Crippen molar-refractivity contribution in [3.63, 3.8) is 0 Å². The molecule has 1 aromatic heterocycles. The summed E-state index contributed by atoms with van der Waals surface area (Å²) in [5.41, 5.74) is 0. The van der Waals surface area contributed by atoms with Gasteiger partial charge in [-0.15, -0.1) is 0 Å². The van der Waals surface area contributed by atoms with Gasteiger partial charge >= 0.3 is 0 Å². The van der Waals surface area contributed by atoms with Crippen LogP contribution in [0.1, 0.15) is 52.4 Å². The SMILES string of the molecule is CCn1cc[n+](C(C)C)c1C(C)C. The molecule has 0 bridgehead atoms. The maximum absolute atomic E-state index is 2.36. The molecule has 0 saturated heterocycles. The van der Waals surface area contributed by atoms with Crippen molar-refractivity contribution < 1.29 is 4.57 Å². The average molecular weight is 181 g/mol. The van der Waals surface area contributed by atoms with Gasteiger partial charge in [0.05, 0.1) is 18.5 Å². The molecule has 0 aliphatic carbocycles. The highest BCUT2D eigenvalue weighted by atomic mass is 15.2. The van der Waals surface area contributed by atoms with Gasteiger partial charge in [-0.05, 0) is 20.8 Å². The summed E-state index contributed by atoms with van der Waals surface area (Å²) in [6.07, 6.45) is 4.36. The Kier molecular flexibility index (Phi) is 3.12. The third kappa shape index (κ3) is 1.93. The van der Waals surface area contributed by atoms with Gasteiger partial charge in [-0.25, -0.2) is 9.13 Å². The van der Waals surface area contributed by atoms with Gasteiger partial charge in [0.25, 0.3) is 5.82 Å². The van der Waals surface area contributed by atoms with Crippen LogP contribution in [-0.4, -0.2) is 4.57 Å². The molecule has 0 unspecified atom stereocenters. The highest BCUT2D eigenvalue weighted by Gasteiger charge is 2.20. The summed E-state index contributed by atoms with van der Waals surface area (Å²) >= 11 is 0. The van der Waals surface area contributed by atoms with Crippen LogP contribution in [0, 0.1) is 0 Å². The number of aryl methyl sites for hydroxylation is 1. The third-order valence-electron chi connectivity index (χ3n) is 2.38. The Hall–Kier alpha value is -0.790. The first-order chi connectivity index (χ1) is 6.07. The lowest BCUT2D eigenvalue weighted by molar-refractivity contribution is -0.723. The van der Waals surface area contributed by atoms with E-state index in [9.17, 15) is 0 Å². The van der Waals surface area contributed by atoms with Crippen LogP contribution in [0.3, 0.4) is 0 Å². The van der Waals surface area contributed by atoms with Crippen molar-refractivity contribution in [2.24, 2.45) is 0 Å². The van der Waals surface area contributed by atoms with Crippen LogP contribution in [-0.2, 0) is 6.54 Å². The van der Waals surface area contributed by atoms with Crippen LogP contribution in [0.25, 0.3) is 0 Å². The van der Waals surface area contributed by atoms with E-state index in [2.05, 4.69) is 56.1 Å². The van der Waals surface area contributed by atoms with E-state index in [1.165, 1.54) is 5.82 Å². The summed E-state index contributed by atoms with van der Waals surface area (Å²) in [4.78, 5) is 0. The molecule has 0 aliphatic heterocycles. The van der Waals surface area contributed by atoms with E-state index in [0.29, 0.717) is 12.0 Å². The first-order valence-corrected chi connectivity index (χ1v) is 5.18. The minimum Gasteiger partial charge on any atom is -0.234 e. The molecule has 1 aromatic rings. The van der Waals surface area contributed by atoms with Crippen LogP contribution in [0.2, 0.25) is 0 Å². The molecule has 0 saturated carbocycles. The van der Waals surface area contributed by atoms with Gasteiger partial charge in [0.15, 0.2) is 0 Å². The van der Waals surface area contributed by atoms with E-state index in [-0.39, 0.29) is 0 Å². The van der Waals surface area contributed by atoms with E-state index >= 15 is 0 Å². The van der Waals surface area contributed by atoms with Crippen molar-refractivity contribution >= 4 is 0 Å². The Balaban J connectivity index is 3.14. The average Bonchev–Trinajstić information content (AvgIpc) is 2.46. The quantitative estimate of drug-likeness (QED) is 0.634. The van der Waals surface area contributed by atoms with Crippen LogP contribution < -0.4 is 4.57 Å². The molecule has 0 aromatic carbocycles. The van der Waals surface area contributed by atoms with Gasteiger partial charge in [-0.1, -0.05) is 13.8 Å². The zero-order valence-corrected chi connectivity index (χ0v) is 9.41. The molecule has 2 nitrogen and oxygen atoms in total. The minimum atomic E-state index is 0.560. The van der Waals surface area contributed by atoms with Crippen molar-refractivity contribution in [2.45, 2.75) is 53.1 Å². The molecule has 0 aliphatic rings. The van der Waals surface area contributed by atoms with E-state index < -0.39 is 0 Å². The second-order valence-electron chi connectivity index (χ2n) is 4.10. The second-order valence-corrected chi connectivity index (χ2v) is 4.10. The normalized spacial score (nSPS) is 11.6. The van der Waals surface area contributed by atoms with Gasteiger partial charge < -0.3 is 0 Å². The minimum absolute atomic E-state index is 0.560. The number of hydrogen-bond donors (Lipinski definition) is 0. The molecule has 2 heteroatoms. The predicted molar refractivity (Wildman–Crippen MR) is 54.8 cm³/mol. The third-order valence-corrected chi connectivity index (χ3v) is 2.38. The Bertz CT molecular complexity index is 272. The number of hydrogen-bond acceptors (Lipinski definition) is 0. The molecule has 0 fully saturated rings. The van der Waals surface area contributed by atoms with Crippen molar-refractivity contribution in [3.8, 4) is 0 Å². The lowest BCUT2D eigenvalue weighted by atomic mass is 10.2. The zero-order valence-electron chi connectivity index (χ0n) is 9.41. The molecule has 1 rings (SSSR count). The van der Waals surface area contributed by atoms with Gasteiger partial charge in [0.2, 0.25) is 0 Å². The summed E-state index contributed by atoms with van der Waals surface area (Å²) in [6, 6.07) is 0.560. The van der Waals surface area contributed by atoms with Gasteiger partial charge in [0.1, 0.15) is 12.4 Å². The monoisotopic (exact) mass is 181 g/mol. The first-order valence-electron chi connectivity index (χ1n) is 5.18. The van der Waals surface area contributed by atoms with Crippen LogP contribution in [0.5, 0.6) is 0 Å². The second kappa shape index (κ2) is 3.95. The molecule has 0 spiro atoms. The lowest BCUT2D eigenvalue weighted by Crippen LogP contribution is -2.40. The van der Waals surface area contributed by atoms with Crippen molar-refractivity contribution in [2.75, 3.05) is 0 Å². The van der Waals surface area contributed by atoms with E-state index in [1.807, 2.05) is 0 Å². The Labute approximate surface area is 81.2 Å².